The van der Waals surface area contributed by atoms with Gasteiger partial charge in [-0.05, 0) is 54.8 Å². The maximum atomic E-state index is 12.9. The molecule has 140 valence electrons. The number of methoxy groups -OCH3 is 1. The first-order valence-corrected chi connectivity index (χ1v) is 8.51. The predicted molar refractivity (Wildman–Crippen MR) is 100 cm³/mol. The van der Waals surface area contributed by atoms with Crippen molar-refractivity contribution in [2.24, 2.45) is 0 Å². The van der Waals surface area contributed by atoms with Crippen molar-refractivity contribution in [1.29, 1.82) is 0 Å². The molecule has 0 saturated carbocycles. The summed E-state index contributed by atoms with van der Waals surface area (Å²) in [5.74, 6) is -0.0574. The molecule has 1 aromatic heterocycles. The second-order valence-electron chi connectivity index (χ2n) is 6.41. The van der Waals surface area contributed by atoms with E-state index < -0.39 is 5.63 Å². The van der Waals surface area contributed by atoms with Crippen molar-refractivity contribution in [3.63, 3.8) is 0 Å². The van der Waals surface area contributed by atoms with Crippen molar-refractivity contribution in [3.8, 4) is 5.75 Å². The first kappa shape index (κ1) is 18.6. The molecule has 0 spiro atoms. The van der Waals surface area contributed by atoms with Crippen LogP contribution in [0.5, 0.6) is 5.75 Å². The van der Waals surface area contributed by atoms with E-state index in [1.807, 2.05) is 13.0 Å². The van der Waals surface area contributed by atoms with Gasteiger partial charge in [0.2, 0.25) is 5.91 Å². The third-order valence-corrected chi connectivity index (χ3v) is 4.45. The van der Waals surface area contributed by atoms with Crippen molar-refractivity contribution < 1.29 is 18.3 Å². The molecule has 0 unspecified atom stereocenters. The van der Waals surface area contributed by atoms with E-state index in [4.69, 9.17) is 9.15 Å². The summed E-state index contributed by atoms with van der Waals surface area (Å²) >= 11 is 0. The van der Waals surface area contributed by atoms with Gasteiger partial charge in [-0.1, -0.05) is 12.1 Å². The minimum Gasteiger partial charge on any atom is -0.496 e. The van der Waals surface area contributed by atoms with E-state index in [0.717, 1.165) is 11.1 Å². The van der Waals surface area contributed by atoms with E-state index in [9.17, 15) is 14.0 Å². The van der Waals surface area contributed by atoms with Crippen molar-refractivity contribution in [2.75, 3.05) is 7.11 Å². The molecule has 3 aromatic rings. The predicted octanol–water partition coefficient (Wildman–Crippen LogP) is 3.42. The number of amides is 1. The van der Waals surface area contributed by atoms with Crippen LogP contribution in [0.25, 0.3) is 11.0 Å². The number of ether oxygens (including phenoxy) is 1. The number of carbonyl (C=O) groups is 1. The summed E-state index contributed by atoms with van der Waals surface area (Å²) in [4.78, 5) is 24.7. The van der Waals surface area contributed by atoms with Gasteiger partial charge in [-0.3, -0.25) is 4.79 Å². The van der Waals surface area contributed by atoms with Gasteiger partial charge in [-0.15, -0.1) is 0 Å². The van der Waals surface area contributed by atoms with Gasteiger partial charge in [-0.2, -0.15) is 0 Å². The Kier molecular flexibility index (Phi) is 5.26. The fourth-order valence-corrected chi connectivity index (χ4v) is 3.03. The van der Waals surface area contributed by atoms with E-state index in [1.54, 1.807) is 32.2 Å². The summed E-state index contributed by atoms with van der Waals surface area (Å²) in [5.41, 5.74) is 2.53. The fraction of sp³-hybridized carbons (Fsp3) is 0.238. The van der Waals surface area contributed by atoms with Crippen molar-refractivity contribution in [2.45, 2.75) is 26.8 Å². The average molecular weight is 369 g/mol. The van der Waals surface area contributed by atoms with Gasteiger partial charge < -0.3 is 14.5 Å². The Labute approximate surface area is 155 Å². The number of hydrogen-bond acceptors (Lipinski definition) is 4. The van der Waals surface area contributed by atoms with E-state index in [0.29, 0.717) is 27.8 Å². The topological polar surface area (TPSA) is 68.5 Å². The first-order valence-electron chi connectivity index (χ1n) is 8.51. The third kappa shape index (κ3) is 4.00. The summed E-state index contributed by atoms with van der Waals surface area (Å²) < 4.78 is 23.8. The first-order chi connectivity index (χ1) is 12.9. The van der Waals surface area contributed by atoms with Crippen LogP contribution >= 0.6 is 0 Å². The molecule has 0 bridgehead atoms. The lowest BCUT2D eigenvalue weighted by molar-refractivity contribution is -0.120. The highest BCUT2D eigenvalue weighted by atomic mass is 19.1. The smallest absolute Gasteiger partial charge is 0.340 e. The largest absolute Gasteiger partial charge is 0.496 e. The molecular formula is C21H20FNO4. The van der Waals surface area contributed by atoms with Crippen LogP contribution < -0.4 is 15.7 Å². The number of rotatable bonds is 5. The Morgan fingerprint density at radius 1 is 1.19 bits per heavy atom. The van der Waals surface area contributed by atoms with Crippen LogP contribution in [0.1, 0.15) is 22.3 Å². The summed E-state index contributed by atoms with van der Waals surface area (Å²) in [7, 11) is 1.55. The Morgan fingerprint density at radius 3 is 2.56 bits per heavy atom. The molecular weight excluding hydrogens is 349 g/mol. The standard InChI is InChI=1S/C21H20FNO4/c1-12-8-17(26-3)20-13(2)16(21(25)27-18(20)9-12)10-19(24)23-11-14-4-6-15(22)7-5-14/h4-9H,10-11H2,1-3H3,(H,23,24). The average Bonchev–Trinajstić information content (AvgIpc) is 2.63. The van der Waals surface area contributed by atoms with E-state index in [2.05, 4.69) is 5.32 Å². The van der Waals surface area contributed by atoms with Gasteiger partial charge in [0.05, 0.1) is 24.5 Å². The summed E-state index contributed by atoms with van der Waals surface area (Å²) in [5, 5.41) is 3.42. The number of fused-ring (bicyclic) bond motifs is 1. The Bertz CT molecular complexity index is 1050. The van der Waals surface area contributed by atoms with Crippen molar-refractivity contribution in [1.82, 2.24) is 5.32 Å². The lowest BCUT2D eigenvalue weighted by Gasteiger charge is -2.12. The Balaban J connectivity index is 1.85. The molecule has 5 nitrogen and oxygen atoms in total. The van der Waals surface area contributed by atoms with Crippen molar-refractivity contribution in [3.05, 3.63) is 74.9 Å². The van der Waals surface area contributed by atoms with Crippen molar-refractivity contribution >= 4 is 16.9 Å². The lowest BCUT2D eigenvalue weighted by Crippen LogP contribution is -2.27. The molecule has 0 aliphatic rings. The molecule has 0 fully saturated rings. The molecule has 3 rings (SSSR count). The number of halogens is 1. The number of aryl methyl sites for hydroxylation is 2. The van der Waals surface area contributed by atoms with Crippen LogP contribution in [0.3, 0.4) is 0 Å². The highest BCUT2D eigenvalue weighted by Gasteiger charge is 2.18. The molecule has 6 heteroatoms. The minimum atomic E-state index is -0.537. The molecule has 1 heterocycles. The van der Waals surface area contributed by atoms with Gasteiger partial charge in [0, 0.05) is 6.54 Å². The highest BCUT2D eigenvalue weighted by molar-refractivity contribution is 5.89. The van der Waals surface area contributed by atoms with E-state index in [1.165, 1.54) is 12.1 Å². The van der Waals surface area contributed by atoms with Crippen LogP contribution in [-0.4, -0.2) is 13.0 Å². The fourth-order valence-electron chi connectivity index (χ4n) is 3.03. The minimum absolute atomic E-state index is 0.109. The lowest BCUT2D eigenvalue weighted by atomic mass is 10.0. The number of hydrogen-bond donors (Lipinski definition) is 1. The molecule has 0 atom stereocenters. The van der Waals surface area contributed by atoms with Crippen LogP contribution in [0, 0.1) is 19.7 Å². The second kappa shape index (κ2) is 7.61. The monoisotopic (exact) mass is 369 g/mol. The van der Waals surface area contributed by atoms with Gasteiger partial charge in [-0.25, -0.2) is 9.18 Å². The maximum absolute atomic E-state index is 12.9. The third-order valence-electron chi connectivity index (χ3n) is 4.45. The summed E-state index contributed by atoms with van der Waals surface area (Å²) in [6, 6.07) is 9.48. The molecule has 0 radical (unpaired) electrons. The van der Waals surface area contributed by atoms with Gasteiger partial charge in [0.25, 0.3) is 0 Å². The van der Waals surface area contributed by atoms with E-state index >= 15 is 0 Å². The Morgan fingerprint density at radius 2 is 1.89 bits per heavy atom. The molecule has 0 aliphatic carbocycles. The number of nitrogens with one attached hydrogen (secondary N) is 1. The molecule has 27 heavy (non-hydrogen) atoms. The molecule has 2 aromatic carbocycles. The van der Waals surface area contributed by atoms with Gasteiger partial charge >= 0.3 is 5.63 Å². The zero-order valence-electron chi connectivity index (χ0n) is 15.4. The SMILES string of the molecule is COc1cc(C)cc2oc(=O)c(CC(=O)NCc3ccc(F)cc3)c(C)c12. The zero-order chi connectivity index (χ0) is 19.6. The molecule has 1 amide bonds. The van der Waals surface area contributed by atoms with E-state index in [-0.39, 0.29) is 24.7 Å². The van der Waals surface area contributed by atoms with Crippen LogP contribution in [-0.2, 0) is 17.8 Å². The highest BCUT2D eigenvalue weighted by Crippen LogP contribution is 2.30. The van der Waals surface area contributed by atoms with Crippen LogP contribution in [0.15, 0.2) is 45.6 Å². The maximum Gasteiger partial charge on any atom is 0.340 e. The molecule has 1 N–H and O–H groups in total. The molecule has 0 aliphatic heterocycles. The zero-order valence-corrected chi connectivity index (χ0v) is 15.4. The number of carbonyl (C=O) groups excluding carboxylic acids is 1. The molecule has 0 saturated heterocycles. The summed E-state index contributed by atoms with van der Waals surface area (Å²) in [6.07, 6.45) is -0.109. The van der Waals surface area contributed by atoms with Crippen LogP contribution in [0.2, 0.25) is 0 Å². The van der Waals surface area contributed by atoms with Gasteiger partial charge in [0.15, 0.2) is 0 Å². The quantitative estimate of drug-likeness (QED) is 0.700. The Hall–Kier alpha value is -3.15. The number of benzene rings is 2. The second-order valence-corrected chi connectivity index (χ2v) is 6.41. The normalized spacial score (nSPS) is 10.8. The van der Waals surface area contributed by atoms with Crippen LogP contribution in [0.4, 0.5) is 4.39 Å². The van der Waals surface area contributed by atoms with Gasteiger partial charge in [0.1, 0.15) is 17.1 Å². The summed E-state index contributed by atoms with van der Waals surface area (Å²) in [6.45, 7) is 3.91.